The summed E-state index contributed by atoms with van der Waals surface area (Å²) in [6.45, 7) is 5.89. The van der Waals surface area contributed by atoms with E-state index in [0.717, 1.165) is 61.4 Å². The first-order valence-corrected chi connectivity index (χ1v) is 8.63. The van der Waals surface area contributed by atoms with Crippen molar-refractivity contribution in [2.75, 3.05) is 13.2 Å². The van der Waals surface area contributed by atoms with Gasteiger partial charge in [0.1, 0.15) is 11.5 Å². The molecule has 3 rings (SSSR count). The maximum absolute atomic E-state index is 5.84. The van der Waals surface area contributed by atoms with Crippen LogP contribution in [-0.2, 0) is 0 Å². The summed E-state index contributed by atoms with van der Waals surface area (Å²) in [5, 5.41) is 2.38. The van der Waals surface area contributed by atoms with Gasteiger partial charge in [-0.2, -0.15) is 0 Å². The molecule has 0 fully saturated rings. The lowest BCUT2D eigenvalue weighted by Crippen LogP contribution is -1.96. The first kappa shape index (κ1) is 15.7. The molecule has 1 N–H and O–H groups in total. The van der Waals surface area contributed by atoms with E-state index in [1.54, 1.807) is 0 Å². The second-order valence-electron chi connectivity index (χ2n) is 5.94. The smallest absolute Gasteiger partial charge is 0.120 e. The van der Waals surface area contributed by atoms with E-state index in [1.165, 1.54) is 10.8 Å². The molecule has 0 amide bonds. The summed E-state index contributed by atoms with van der Waals surface area (Å²) in [5.74, 6) is 1.87. The van der Waals surface area contributed by atoms with Crippen LogP contribution < -0.4 is 9.47 Å². The van der Waals surface area contributed by atoms with Crippen molar-refractivity contribution in [2.45, 2.75) is 39.5 Å². The van der Waals surface area contributed by atoms with Crippen LogP contribution in [0.25, 0.3) is 21.8 Å². The van der Waals surface area contributed by atoms with E-state index in [1.807, 2.05) is 12.1 Å². The number of unbranched alkanes of at least 4 members (excludes halogenated alkanes) is 2. The normalized spacial score (nSPS) is 11.2. The molecule has 2 aromatic carbocycles. The minimum absolute atomic E-state index is 0.774. The topological polar surface area (TPSA) is 34.2 Å². The number of H-pyrrole nitrogens is 1. The van der Waals surface area contributed by atoms with Gasteiger partial charge in [0.15, 0.2) is 0 Å². The Morgan fingerprint density at radius 1 is 0.739 bits per heavy atom. The van der Waals surface area contributed by atoms with Gasteiger partial charge in [0, 0.05) is 21.8 Å². The van der Waals surface area contributed by atoms with E-state index in [9.17, 15) is 0 Å². The molecule has 0 aliphatic rings. The van der Waals surface area contributed by atoms with Gasteiger partial charge in [-0.15, -0.1) is 0 Å². The SMILES string of the molecule is CCCCOc1ccc2[nH]c3ccc(OCCCC)cc3c2c1. The molecule has 3 nitrogen and oxygen atoms in total. The average molecular weight is 311 g/mol. The van der Waals surface area contributed by atoms with Gasteiger partial charge in [-0.3, -0.25) is 0 Å². The Bertz CT molecular complexity index is 712. The maximum atomic E-state index is 5.84. The standard InChI is InChI=1S/C20H25NO2/c1-3-5-11-22-15-7-9-19-17(13-15)18-14-16(23-12-6-4-2)8-10-20(18)21-19/h7-10,13-14,21H,3-6,11-12H2,1-2H3. The number of nitrogens with one attached hydrogen (secondary N) is 1. The number of rotatable bonds is 8. The van der Waals surface area contributed by atoms with E-state index in [2.05, 4.69) is 43.1 Å². The highest BCUT2D eigenvalue weighted by Crippen LogP contribution is 2.31. The van der Waals surface area contributed by atoms with Gasteiger partial charge >= 0.3 is 0 Å². The van der Waals surface area contributed by atoms with Crippen molar-refractivity contribution < 1.29 is 9.47 Å². The van der Waals surface area contributed by atoms with Gasteiger partial charge in [-0.1, -0.05) is 26.7 Å². The van der Waals surface area contributed by atoms with Crippen LogP contribution in [0.1, 0.15) is 39.5 Å². The zero-order valence-corrected chi connectivity index (χ0v) is 14.0. The average Bonchev–Trinajstić information content (AvgIpc) is 2.93. The van der Waals surface area contributed by atoms with E-state index in [0.29, 0.717) is 0 Å². The van der Waals surface area contributed by atoms with Crippen LogP contribution in [0.15, 0.2) is 36.4 Å². The number of hydrogen-bond donors (Lipinski definition) is 1. The Labute approximate surface area is 137 Å². The van der Waals surface area contributed by atoms with Crippen LogP contribution in [0.3, 0.4) is 0 Å². The lowest BCUT2D eigenvalue weighted by Gasteiger charge is -2.06. The largest absolute Gasteiger partial charge is 0.494 e. The molecule has 0 aliphatic heterocycles. The van der Waals surface area contributed by atoms with Gasteiger partial charge in [-0.05, 0) is 49.2 Å². The Kier molecular flexibility index (Phi) is 5.06. The fourth-order valence-electron chi connectivity index (χ4n) is 2.70. The summed E-state index contributed by atoms with van der Waals surface area (Å²) < 4.78 is 11.7. The van der Waals surface area contributed by atoms with Crippen molar-refractivity contribution in [2.24, 2.45) is 0 Å². The van der Waals surface area contributed by atoms with E-state index in [4.69, 9.17) is 9.47 Å². The van der Waals surface area contributed by atoms with Gasteiger partial charge in [0.2, 0.25) is 0 Å². The van der Waals surface area contributed by atoms with Crippen molar-refractivity contribution in [1.29, 1.82) is 0 Å². The maximum Gasteiger partial charge on any atom is 0.120 e. The third kappa shape index (κ3) is 3.61. The Hall–Kier alpha value is -2.16. The zero-order valence-electron chi connectivity index (χ0n) is 14.0. The number of fused-ring (bicyclic) bond motifs is 3. The Balaban J connectivity index is 1.89. The number of aromatic amines is 1. The second kappa shape index (κ2) is 7.40. The van der Waals surface area contributed by atoms with E-state index in [-0.39, 0.29) is 0 Å². The predicted octanol–water partition coefficient (Wildman–Crippen LogP) is 5.68. The minimum atomic E-state index is 0.774. The molecule has 0 unspecified atom stereocenters. The molecule has 0 saturated heterocycles. The molecule has 3 aromatic rings. The lowest BCUT2D eigenvalue weighted by atomic mass is 10.1. The molecule has 0 saturated carbocycles. The number of hydrogen-bond acceptors (Lipinski definition) is 2. The predicted molar refractivity (Wildman–Crippen MR) is 96.6 cm³/mol. The molecule has 3 heteroatoms. The zero-order chi connectivity index (χ0) is 16.1. The highest BCUT2D eigenvalue weighted by atomic mass is 16.5. The fraction of sp³-hybridized carbons (Fsp3) is 0.400. The molecule has 1 heterocycles. The van der Waals surface area contributed by atoms with Crippen LogP contribution >= 0.6 is 0 Å². The first-order chi connectivity index (χ1) is 11.3. The third-order valence-electron chi connectivity index (χ3n) is 4.07. The molecular formula is C20H25NO2. The summed E-state index contributed by atoms with van der Waals surface area (Å²) in [7, 11) is 0. The van der Waals surface area contributed by atoms with Gasteiger partial charge in [-0.25, -0.2) is 0 Å². The number of aromatic nitrogens is 1. The molecular weight excluding hydrogens is 286 g/mol. The van der Waals surface area contributed by atoms with Crippen LogP contribution in [0.2, 0.25) is 0 Å². The quantitative estimate of drug-likeness (QED) is 0.543. The van der Waals surface area contributed by atoms with Crippen molar-refractivity contribution >= 4 is 21.8 Å². The summed E-state index contributed by atoms with van der Waals surface area (Å²) in [6.07, 6.45) is 4.46. The molecule has 0 radical (unpaired) electrons. The number of ether oxygens (including phenoxy) is 2. The molecule has 0 aliphatic carbocycles. The monoisotopic (exact) mass is 311 g/mol. The lowest BCUT2D eigenvalue weighted by molar-refractivity contribution is 0.309. The highest BCUT2D eigenvalue weighted by Gasteiger charge is 2.07. The molecule has 0 bridgehead atoms. The van der Waals surface area contributed by atoms with Crippen LogP contribution in [-0.4, -0.2) is 18.2 Å². The van der Waals surface area contributed by atoms with E-state index < -0.39 is 0 Å². The van der Waals surface area contributed by atoms with Gasteiger partial charge < -0.3 is 14.5 Å². The van der Waals surface area contributed by atoms with E-state index >= 15 is 0 Å². The summed E-state index contributed by atoms with van der Waals surface area (Å²) in [5.41, 5.74) is 2.27. The van der Waals surface area contributed by atoms with Crippen molar-refractivity contribution in [1.82, 2.24) is 4.98 Å². The molecule has 0 spiro atoms. The van der Waals surface area contributed by atoms with Gasteiger partial charge in [0.05, 0.1) is 13.2 Å². The van der Waals surface area contributed by atoms with Crippen LogP contribution in [0, 0.1) is 0 Å². The van der Waals surface area contributed by atoms with Crippen molar-refractivity contribution in [3.8, 4) is 11.5 Å². The number of benzene rings is 2. The molecule has 122 valence electrons. The minimum Gasteiger partial charge on any atom is -0.494 e. The van der Waals surface area contributed by atoms with Crippen LogP contribution in [0.5, 0.6) is 11.5 Å². The third-order valence-corrected chi connectivity index (χ3v) is 4.07. The first-order valence-electron chi connectivity index (χ1n) is 8.63. The molecule has 23 heavy (non-hydrogen) atoms. The summed E-state index contributed by atoms with van der Waals surface area (Å²) in [4.78, 5) is 3.46. The second-order valence-corrected chi connectivity index (χ2v) is 5.94. The molecule has 1 aromatic heterocycles. The van der Waals surface area contributed by atoms with Crippen molar-refractivity contribution in [3.63, 3.8) is 0 Å². The van der Waals surface area contributed by atoms with Crippen LogP contribution in [0.4, 0.5) is 0 Å². The highest BCUT2D eigenvalue weighted by molar-refractivity contribution is 6.08. The Morgan fingerprint density at radius 3 is 1.65 bits per heavy atom. The Morgan fingerprint density at radius 2 is 1.22 bits per heavy atom. The summed E-state index contributed by atoms with van der Waals surface area (Å²) in [6, 6.07) is 12.5. The fourth-order valence-corrected chi connectivity index (χ4v) is 2.70. The van der Waals surface area contributed by atoms with Gasteiger partial charge in [0.25, 0.3) is 0 Å². The summed E-state index contributed by atoms with van der Waals surface area (Å²) >= 11 is 0. The van der Waals surface area contributed by atoms with Crippen molar-refractivity contribution in [3.05, 3.63) is 36.4 Å². The molecule has 0 atom stereocenters.